The Hall–Kier alpha value is -2.33. The van der Waals surface area contributed by atoms with Crippen LogP contribution in [0.25, 0.3) is 21.8 Å². The molecule has 0 saturated heterocycles. The number of fused-ring (bicyclic) bond motifs is 2. The van der Waals surface area contributed by atoms with Crippen LogP contribution < -0.4 is 0 Å². The molecule has 2 aromatic heterocycles. The third-order valence-electron chi connectivity index (χ3n) is 3.80. The number of aryl methyl sites for hydroxylation is 1. The van der Waals surface area contributed by atoms with Crippen LogP contribution in [0.3, 0.4) is 0 Å². The van der Waals surface area contributed by atoms with E-state index in [2.05, 4.69) is 52.4 Å². The van der Waals surface area contributed by atoms with Crippen LogP contribution in [-0.2, 0) is 12.8 Å². The molecule has 0 amide bonds. The highest BCUT2D eigenvalue weighted by Gasteiger charge is 2.07. The lowest BCUT2D eigenvalue weighted by Gasteiger charge is -2.04. The number of rotatable bonds is 3. The van der Waals surface area contributed by atoms with Crippen molar-refractivity contribution in [2.24, 2.45) is 7.05 Å². The van der Waals surface area contributed by atoms with Crippen LogP contribution in [0.4, 0.5) is 0 Å². The summed E-state index contributed by atoms with van der Waals surface area (Å²) in [5.41, 5.74) is 3.41. The lowest BCUT2D eigenvalue weighted by molar-refractivity contribution is 0.947. The van der Waals surface area contributed by atoms with Crippen LogP contribution in [0.15, 0.2) is 66.1 Å². The van der Waals surface area contributed by atoms with E-state index in [-0.39, 0.29) is 0 Å². The van der Waals surface area contributed by atoms with Gasteiger partial charge in [-0.3, -0.25) is 0 Å². The maximum absolute atomic E-state index is 4.48. The van der Waals surface area contributed by atoms with Crippen molar-refractivity contribution < 1.29 is 0 Å². The van der Waals surface area contributed by atoms with E-state index in [9.17, 15) is 0 Å². The SMILES string of the molecule is Cn1cnc2c(SCc3ccc4ccccc4c3)nccc21. The fourth-order valence-electron chi connectivity index (χ4n) is 2.62. The molecule has 0 fully saturated rings. The van der Waals surface area contributed by atoms with E-state index in [0.29, 0.717) is 0 Å². The predicted molar refractivity (Wildman–Crippen MR) is 92.0 cm³/mol. The van der Waals surface area contributed by atoms with Gasteiger partial charge in [0.2, 0.25) is 0 Å². The van der Waals surface area contributed by atoms with Crippen molar-refractivity contribution in [3.05, 3.63) is 66.6 Å². The van der Waals surface area contributed by atoms with E-state index >= 15 is 0 Å². The summed E-state index contributed by atoms with van der Waals surface area (Å²) in [7, 11) is 2.01. The summed E-state index contributed by atoms with van der Waals surface area (Å²) in [5, 5.41) is 3.55. The van der Waals surface area contributed by atoms with Gasteiger partial charge in [0.25, 0.3) is 0 Å². The molecule has 0 saturated carbocycles. The number of imidazole rings is 1. The summed E-state index contributed by atoms with van der Waals surface area (Å²) in [4.78, 5) is 8.94. The van der Waals surface area contributed by atoms with Crippen LogP contribution in [0, 0.1) is 0 Å². The van der Waals surface area contributed by atoms with Crippen LogP contribution in [0.5, 0.6) is 0 Å². The summed E-state index contributed by atoms with van der Waals surface area (Å²) < 4.78 is 2.02. The molecule has 0 bridgehead atoms. The fraction of sp³-hybridized carbons (Fsp3) is 0.111. The Kier molecular flexibility index (Phi) is 3.31. The molecule has 0 aliphatic rings. The Bertz CT molecular complexity index is 959. The first-order valence-electron chi connectivity index (χ1n) is 7.18. The van der Waals surface area contributed by atoms with Gasteiger partial charge in [-0.1, -0.05) is 54.2 Å². The molecular formula is C18H15N3S. The van der Waals surface area contributed by atoms with Gasteiger partial charge in [0.1, 0.15) is 10.5 Å². The van der Waals surface area contributed by atoms with Crippen molar-refractivity contribution in [1.29, 1.82) is 0 Å². The minimum atomic E-state index is 0.896. The van der Waals surface area contributed by atoms with Gasteiger partial charge in [0.05, 0.1) is 11.8 Å². The lowest BCUT2D eigenvalue weighted by Crippen LogP contribution is -1.87. The number of hydrogen-bond acceptors (Lipinski definition) is 3. The van der Waals surface area contributed by atoms with Crippen LogP contribution in [0.2, 0.25) is 0 Å². The largest absolute Gasteiger partial charge is 0.334 e. The molecule has 0 N–H and O–H groups in total. The molecule has 3 nitrogen and oxygen atoms in total. The smallest absolute Gasteiger partial charge is 0.124 e. The molecule has 0 aliphatic carbocycles. The van der Waals surface area contributed by atoms with Gasteiger partial charge in [-0.05, 0) is 22.4 Å². The van der Waals surface area contributed by atoms with Crippen molar-refractivity contribution in [2.45, 2.75) is 10.8 Å². The Morgan fingerprint density at radius 3 is 2.77 bits per heavy atom. The van der Waals surface area contributed by atoms with Crippen molar-refractivity contribution >= 4 is 33.6 Å². The normalized spacial score (nSPS) is 11.3. The zero-order valence-electron chi connectivity index (χ0n) is 12.2. The van der Waals surface area contributed by atoms with Gasteiger partial charge in [-0.25, -0.2) is 9.97 Å². The molecule has 0 aliphatic heterocycles. The molecule has 4 aromatic rings. The van der Waals surface area contributed by atoms with Crippen molar-refractivity contribution in [3.8, 4) is 0 Å². The average molecular weight is 305 g/mol. The number of nitrogens with zero attached hydrogens (tertiary/aromatic N) is 3. The van der Waals surface area contributed by atoms with Crippen molar-refractivity contribution in [2.75, 3.05) is 0 Å². The number of pyridine rings is 1. The number of benzene rings is 2. The van der Waals surface area contributed by atoms with E-state index in [1.807, 2.05) is 30.2 Å². The first-order chi connectivity index (χ1) is 10.8. The fourth-order valence-corrected chi connectivity index (χ4v) is 3.54. The molecule has 0 unspecified atom stereocenters. The summed E-state index contributed by atoms with van der Waals surface area (Å²) in [6.07, 6.45) is 3.69. The molecule has 0 atom stereocenters. The molecule has 0 radical (unpaired) electrons. The van der Waals surface area contributed by atoms with Crippen molar-refractivity contribution in [3.63, 3.8) is 0 Å². The number of hydrogen-bond donors (Lipinski definition) is 0. The Balaban J connectivity index is 1.62. The standard InChI is InChI=1S/C18H15N3S/c1-21-12-20-17-16(21)8-9-19-18(17)22-11-13-6-7-14-4-2-3-5-15(14)10-13/h2-10,12H,11H2,1H3. The van der Waals surface area contributed by atoms with Crippen LogP contribution in [-0.4, -0.2) is 14.5 Å². The summed E-state index contributed by atoms with van der Waals surface area (Å²) in [6, 6.07) is 17.1. The van der Waals surface area contributed by atoms with Crippen molar-refractivity contribution in [1.82, 2.24) is 14.5 Å². The number of thioether (sulfide) groups is 1. The number of aromatic nitrogens is 3. The highest BCUT2D eigenvalue weighted by molar-refractivity contribution is 7.98. The van der Waals surface area contributed by atoms with Gasteiger partial charge >= 0.3 is 0 Å². The Morgan fingerprint density at radius 2 is 1.86 bits per heavy atom. The second-order valence-corrected chi connectivity index (χ2v) is 6.27. The summed E-state index contributed by atoms with van der Waals surface area (Å²) in [5.74, 6) is 0.896. The quantitative estimate of drug-likeness (QED) is 0.525. The molecular weight excluding hydrogens is 290 g/mol. The van der Waals surface area contributed by atoms with Crippen LogP contribution >= 0.6 is 11.8 Å². The Morgan fingerprint density at radius 1 is 1.00 bits per heavy atom. The molecule has 2 aromatic carbocycles. The summed E-state index contributed by atoms with van der Waals surface area (Å²) in [6.45, 7) is 0. The lowest BCUT2D eigenvalue weighted by atomic mass is 10.1. The monoisotopic (exact) mass is 305 g/mol. The predicted octanol–water partition coefficient (Wildman–Crippen LogP) is 4.41. The molecule has 0 spiro atoms. The van der Waals surface area contributed by atoms with Gasteiger partial charge in [-0.15, -0.1) is 0 Å². The first-order valence-corrected chi connectivity index (χ1v) is 8.16. The average Bonchev–Trinajstić information content (AvgIpc) is 2.95. The topological polar surface area (TPSA) is 30.7 Å². The van der Waals surface area contributed by atoms with E-state index in [1.54, 1.807) is 11.8 Å². The van der Waals surface area contributed by atoms with E-state index in [4.69, 9.17) is 0 Å². The minimum absolute atomic E-state index is 0.896. The molecule has 108 valence electrons. The van der Waals surface area contributed by atoms with E-state index < -0.39 is 0 Å². The summed E-state index contributed by atoms with van der Waals surface area (Å²) >= 11 is 1.74. The zero-order valence-corrected chi connectivity index (χ0v) is 13.0. The van der Waals surface area contributed by atoms with Gasteiger partial charge in [-0.2, -0.15) is 0 Å². The second-order valence-electron chi connectivity index (χ2n) is 5.31. The van der Waals surface area contributed by atoms with Gasteiger partial charge < -0.3 is 4.57 Å². The third-order valence-corrected chi connectivity index (χ3v) is 4.85. The Labute approximate surface area is 133 Å². The molecule has 2 heterocycles. The van der Waals surface area contributed by atoms with Gasteiger partial charge in [0.15, 0.2) is 0 Å². The first kappa shape index (κ1) is 13.3. The maximum Gasteiger partial charge on any atom is 0.124 e. The van der Waals surface area contributed by atoms with E-state index in [1.165, 1.54) is 16.3 Å². The van der Waals surface area contributed by atoms with Crippen LogP contribution in [0.1, 0.15) is 5.56 Å². The third kappa shape index (κ3) is 2.35. The molecule has 4 heteroatoms. The van der Waals surface area contributed by atoms with E-state index in [0.717, 1.165) is 21.8 Å². The second kappa shape index (κ2) is 5.46. The minimum Gasteiger partial charge on any atom is -0.334 e. The molecule has 22 heavy (non-hydrogen) atoms. The zero-order chi connectivity index (χ0) is 14.9. The van der Waals surface area contributed by atoms with Gasteiger partial charge in [0, 0.05) is 19.0 Å². The highest BCUT2D eigenvalue weighted by atomic mass is 32.2. The molecule has 4 rings (SSSR count). The highest BCUT2D eigenvalue weighted by Crippen LogP contribution is 2.28. The maximum atomic E-state index is 4.48.